The molecule has 0 unspecified atom stereocenters. The average Bonchev–Trinajstić information content (AvgIpc) is 2.92. The first-order chi connectivity index (χ1) is 9.88. The molecule has 1 heterocycles. The Kier molecular flexibility index (Phi) is 3.98. The second-order valence-electron chi connectivity index (χ2n) is 5.43. The van der Waals surface area contributed by atoms with Crippen LogP contribution in [-0.2, 0) is 11.2 Å². The number of ether oxygens (including phenoxy) is 1. The van der Waals surface area contributed by atoms with Crippen LogP contribution in [0.5, 0.6) is 0 Å². The normalized spacial score (nSPS) is 25.5. The molecule has 1 saturated heterocycles. The van der Waals surface area contributed by atoms with Gasteiger partial charge in [0.15, 0.2) is 0 Å². The van der Waals surface area contributed by atoms with Crippen molar-refractivity contribution in [3.8, 4) is 0 Å². The largest absolute Gasteiger partial charge is 0.373 e. The minimum atomic E-state index is 0.155. The monoisotopic (exact) mass is 264 g/mol. The van der Waals surface area contributed by atoms with Crippen LogP contribution in [0, 0.1) is 11.8 Å². The summed E-state index contributed by atoms with van der Waals surface area (Å²) < 4.78 is 6.06. The zero-order valence-corrected chi connectivity index (χ0v) is 11.6. The lowest BCUT2D eigenvalue weighted by atomic mass is 9.84. The fraction of sp³-hybridized carbons (Fsp3) is 0.263. The molecule has 1 aliphatic rings. The van der Waals surface area contributed by atoms with Crippen LogP contribution in [0.4, 0.5) is 0 Å². The van der Waals surface area contributed by atoms with Crippen LogP contribution in [0.15, 0.2) is 73.3 Å². The van der Waals surface area contributed by atoms with Crippen LogP contribution < -0.4 is 0 Å². The van der Waals surface area contributed by atoms with Gasteiger partial charge in [0.1, 0.15) is 0 Å². The Bertz CT molecular complexity index is 546. The van der Waals surface area contributed by atoms with E-state index in [0.717, 1.165) is 13.0 Å². The van der Waals surface area contributed by atoms with Crippen LogP contribution in [-0.4, -0.2) is 6.61 Å². The van der Waals surface area contributed by atoms with Crippen molar-refractivity contribution in [2.45, 2.75) is 12.5 Å². The van der Waals surface area contributed by atoms with Crippen molar-refractivity contribution in [1.82, 2.24) is 0 Å². The molecule has 3 rings (SSSR count). The molecule has 1 nitrogen and oxygen atoms in total. The molecule has 0 aliphatic carbocycles. The van der Waals surface area contributed by atoms with Crippen molar-refractivity contribution in [3.05, 3.63) is 84.4 Å². The Morgan fingerprint density at radius 3 is 2.30 bits per heavy atom. The lowest BCUT2D eigenvalue weighted by molar-refractivity contribution is 0.0977. The maximum absolute atomic E-state index is 6.06. The fourth-order valence-corrected chi connectivity index (χ4v) is 3.09. The Hall–Kier alpha value is -1.86. The molecule has 1 aliphatic heterocycles. The SMILES string of the molecule is C=C[C@@H]1[C@@H](Cc2ccccc2)CO[C@@H]1c1ccccc1. The number of hydrogen-bond acceptors (Lipinski definition) is 1. The van der Waals surface area contributed by atoms with Crippen molar-refractivity contribution in [3.63, 3.8) is 0 Å². The topological polar surface area (TPSA) is 9.23 Å². The average molecular weight is 264 g/mol. The second-order valence-corrected chi connectivity index (χ2v) is 5.43. The molecule has 0 spiro atoms. The van der Waals surface area contributed by atoms with Gasteiger partial charge < -0.3 is 4.74 Å². The highest BCUT2D eigenvalue weighted by molar-refractivity contribution is 5.22. The molecule has 0 bridgehead atoms. The lowest BCUT2D eigenvalue weighted by Gasteiger charge is -2.19. The molecule has 0 aromatic heterocycles. The van der Waals surface area contributed by atoms with E-state index in [2.05, 4.69) is 67.3 Å². The van der Waals surface area contributed by atoms with Crippen molar-refractivity contribution in [2.24, 2.45) is 11.8 Å². The number of benzene rings is 2. The first kappa shape index (κ1) is 13.1. The van der Waals surface area contributed by atoms with Crippen LogP contribution in [0.3, 0.4) is 0 Å². The summed E-state index contributed by atoms with van der Waals surface area (Å²) in [6.07, 6.45) is 3.28. The van der Waals surface area contributed by atoms with Gasteiger partial charge in [0, 0.05) is 5.92 Å². The van der Waals surface area contributed by atoms with E-state index in [1.54, 1.807) is 0 Å². The van der Waals surface area contributed by atoms with Gasteiger partial charge in [-0.05, 0) is 23.5 Å². The highest BCUT2D eigenvalue weighted by Crippen LogP contribution is 2.40. The maximum atomic E-state index is 6.06. The smallest absolute Gasteiger partial charge is 0.0891 e. The molecule has 1 heteroatoms. The molecule has 0 amide bonds. The zero-order chi connectivity index (χ0) is 13.8. The van der Waals surface area contributed by atoms with E-state index in [4.69, 9.17) is 4.74 Å². The maximum Gasteiger partial charge on any atom is 0.0891 e. The molecule has 1 fully saturated rings. The lowest BCUT2D eigenvalue weighted by Crippen LogP contribution is -2.15. The summed E-state index contributed by atoms with van der Waals surface area (Å²) in [5, 5.41) is 0. The molecule has 0 radical (unpaired) electrons. The predicted molar refractivity (Wildman–Crippen MR) is 82.5 cm³/mol. The van der Waals surface area contributed by atoms with Crippen LogP contribution >= 0.6 is 0 Å². The van der Waals surface area contributed by atoms with E-state index in [-0.39, 0.29) is 6.10 Å². The van der Waals surface area contributed by atoms with Crippen LogP contribution in [0.2, 0.25) is 0 Å². The van der Waals surface area contributed by atoms with Crippen LogP contribution in [0.25, 0.3) is 0 Å². The van der Waals surface area contributed by atoms with Crippen LogP contribution in [0.1, 0.15) is 17.2 Å². The van der Waals surface area contributed by atoms with E-state index < -0.39 is 0 Å². The zero-order valence-electron chi connectivity index (χ0n) is 11.6. The summed E-state index contributed by atoms with van der Waals surface area (Å²) in [4.78, 5) is 0. The first-order valence-corrected chi connectivity index (χ1v) is 7.21. The molecular formula is C19H20O. The summed E-state index contributed by atoms with van der Waals surface area (Å²) in [7, 11) is 0. The van der Waals surface area contributed by atoms with E-state index >= 15 is 0 Å². The quantitative estimate of drug-likeness (QED) is 0.743. The van der Waals surface area contributed by atoms with E-state index in [1.807, 2.05) is 6.07 Å². The van der Waals surface area contributed by atoms with Gasteiger partial charge in [-0.2, -0.15) is 0 Å². The summed E-state index contributed by atoms with van der Waals surface area (Å²) >= 11 is 0. The Labute approximate surface area is 120 Å². The summed E-state index contributed by atoms with van der Waals surface area (Å²) in [6, 6.07) is 21.1. The first-order valence-electron chi connectivity index (χ1n) is 7.21. The molecule has 0 N–H and O–H groups in total. The van der Waals surface area contributed by atoms with Crippen molar-refractivity contribution in [1.29, 1.82) is 0 Å². The summed E-state index contributed by atoms with van der Waals surface area (Å²) in [5.41, 5.74) is 2.63. The molecule has 0 saturated carbocycles. The molecule has 102 valence electrons. The molecule has 3 atom stereocenters. The Morgan fingerprint density at radius 1 is 1.00 bits per heavy atom. The van der Waals surface area contributed by atoms with Gasteiger partial charge in [-0.3, -0.25) is 0 Å². The van der Waals surface area contributed by atoms with Gasteiger partial charge in [0.05, 0.1) is 12.7 Å². The third-order valence-electron chi connectivity index (χ3n) is 4.12. The Morgan fingerprint density at radius 2 is 1.65 bits per heavy atom. The van der Waals surface area contributed by atoms with Crippen molar-refractivity contribution >= 4 is 0 Å². The van der Waals surface area contributed by atoms with Gasteiger partial charge in [0.25, 0.3) is 0 Å². The van der Waals surface area contributed by atoms with Gasteiger partial charge in [-0.25, -0.2) is 0 Å². The molecule has 2 aromatic rings. The summed E-state index contributed by atoms with van der Waals surface area (Å²) in [6.45, 7) is 4.84. The van der Waals surface area contributed by atoms with Crippen molar-refractivity contribution < 1.29 is 4.74 Å². The number of rotatable bonds is 4. The summed E-state index contributed by atoms with van der Waals surface area (Å²) in [5.74, 6) is 0.901. The predicted octanol–water partition coefficient (Wildman–Crippen LogP) is 4.42. The molecule has 2 aromatic carbocycles. The second kappa shape index (κ2) is 6.06. The Balaban J connectivity index is 1.76. The highest BCUT2D eigenvalue weighted by atomic mass is 16.5. The minimum Gasteiger partial charge on any atom is -0.373 e. The number of hydrogen-bond donors (Lipinski definition) is 0. The minimum absolute atomic E-state index is 0.155. The van der Waals surface area contributed by atoms with Gasteiger partial charge in [-0.1, -0.05) is 66.7 Å². The van der Waals surface area contributed by atoms with Gasteiger partial charge >= 0.3 is 0 Å². The molecular weight excluding hydrogens is 244 g/mol. The highest BCUT2D eigenvalue weighted by Gasteiger charge is 2.35. The third-order valence-corrected chi connectivity index (χ3v) is 4.12. The standard InChI is InChI=1S/C19H20O/c1-2-18-17(13-15-9-5-3-6-10-15)14-20-19(18)16-11-7-4-8-12-16/h2-12,17-19H,1,13-14H2/t17-,18+,19+/m0/s1. The van der Waals surface area contributed by atoms with E-state index in [0.29, 0.717) is 11.8 Å². The van der Waals surface area contributed by atoms with Crippen molar-refractivity contribution in [2.75, 3.05) is 6.61 Å². The van der Waals surface area contributed by atoms with Gasteiger partial charge in [-0.15, -0.1) is 6.58 Å². The van der Waals surface area contributed by atoms with E-state index in [9.17, 15) is 0 Å². The third kappa shape index (κ3) is 2.68. The van der Waals surface area contributed by atoms with E-state index in [1.165, 1.54) is 11.1 Å². The fourth-order valence-electron chi connectivity index (χ4n) is 3.09. The van der Waals surface area contributed by atoms with Gasteiger partial charge in [0.2, 0.25) is 0 Å². The molecule has 20 heavy (non-hydrogen) atoms.